The maximum Gasteiger partial charge on any atom is 0.323 e. The Labute approximate surface area is 85.2 Å². The van der Waals surface area contributed by atoms with Gasteiger partial charge in [0.05, 0.1) is 6.61 Å². The summed E-state index contributed by atoms with van der Waals surface area (Å²) in [5, 5.41) is 3.25. The van der Waals surface area contributed by atoms with Gasteiger partial charge in [-0.25, -0.2) is 0 Å². The van der Waals surface area contributed by atoms with Gasteiger partial charge in [-0.2, -0.15) is 0 Å². The highest BCUT2D eigenvalue weighted by atomic mass is 16.5. The molecule has 2 rings (SSSR count). The van der Waals surface area contributed by atoms with E-state index in [-0.39, 0.29) is 12.0 Å². The number of hydrogen-bond donors (Lipinski definition) is 1. The molecule has 80 valence electrons. The Kier molecular flexibility index (Phi) is 3.40. The van der Waals surface area contributed by atoms with Crippen LogP contribution in [0.25, 0.3) is 0 Å². The van der Waals surface area contributed by atoms with Crippen LogP contribution >= 0.6 is 0 Å². The maximum atomic E-state index is 11.6. The molecule has 1 saturated carbocycles. The Bertz CT molecular complexity index is 193. The predicted molar refractivity (Wildman–Crippen MR) is 53.9 cm³/mol. The molecule has 3 heteroatoms. The molecule has 1 saturated heterocycles. The minimum Gasteiger partial charge on any atom is -0.464 e. The van der Waals surface area contributed by atoms with Crippen molar-refractivity contribution < 1.29 is 9.53 Å². The van der Waals surface area contributed by atoms with Crippen LogP contribution in [0.4, 0.5) is 0 Å². The topological polar surface area (TPSA) is 38.3 Å². The molecule has 0 spiro atoms. The number of carbonyl (C=O) groups is 1. The van der Waals surface area contributed by atoms with E-state index in [1.165, 1.54) is 25.7 Å². The van der Waals surface area contributed by atoms with Crippen molar-refractivity contribution in [2.24, 2.45) is 5.92 Å². The molecular weight excluding hydrogens is 178 g/mol. The zero-order valence-corrected chi connectivity index (χ0v) is 8.63. The molecule has 1 aliphatic carbocycles. The summed E-state index contributed by atoms with van der Waals surface area (Å²) in [6, 6.07) is -0.0313. The molecule has 3 nitrogen and oxygen atoms in total. The van der Waals surface area contributed by atoms with Crippen LogP contribution in [0, 0.1) is 5.92 Å². The number of nitrogens with one attached hydrogen (secondary N) is 1. The fourth-order valence-corrected chi connectivity index (χ4v) is 1.81. The molecule has 1 aliphatic heterocycles. The summed E-state index contributed by atoms with van der Waals surface area (Å²) in [6.45, 7) is 1.61. The van der Waals surface area contributed by atoms with Crippen LogP contribution in [0.3, 0.4) is 0 Å². The summed E-state index contributed by atoms with van der Waals surface area (Å²) in [4.78, 5) is 11.6. The summed E-state index contributed by atoms with van der Waals surface area (Å²) < 4.78 is 5.26. The van der Waals surface area contributed by atoms with Crippen molar-refractivity contribution in [2.75, 3.05) is 13.2 Å². The molecule has 0 aromatic carbocycles. The van der Waals surface area contributed by atoms with Crippen LogP contribution in [-0.2, 0) is 9.53 Å². The molecule has 0 aromatic rings. The quantitative estimate of drug-likeness (QED) is 0.696. The third-order valence-electron chi connectivity index (χ3n) is 3.00. The zero-order chi connectivity index (χ0) is 9.80. The lowest BCUT2D eigenvalue weighted by atomic mass is 10.1. The Morgan fingerprint density at radius 2 is 2.07 bits per heavy atom. The van der Waals surface area contributed by atoms with Crippen molar-refractivity contribution >= 4 is 5.97 Å². The molecule has 1 unspecified atom stereocenters. The summed E-state index contributed by atoms with van der Waals surface area (Å²) in [5.74, 6) is 0.642. The molecule has 0 radical (unpaired) electrons. The number of hydrogen-bond acceptors (Lipinski definition) is 3. The minimum absolute atomic E-state index is 0.0289. The average molecular weight is 197 g/mol. The molecule has 2 fully saturated rings. The van der Waals surface area contributed by atoms with E-state index in [4.69, 9.17) is 4.74 Å². The fraction of sp³-hybridized carbons (Fsp3) is 0.909. The first-order valence-corrected chi connectivity index (χ1v) is 5.76. The first-order valence-electron chi connectivity index (χ1n) is 5.76. The lowest BCUT2D eigenvalue weighted by molar-refractivity contribution is -0.146. The highest BCUT2D eigenvalue weighted by Gasteiger charge is 2.26. The molecule has 0 aromatic heterocycles. The fourth-order valence-electron chi connectivity index (χ4n) is 1.81. The van der Waals surface area contributed by atoms with E-state index in [9.17, 15) is 4.79 Å². The third kappa shape index (κ3) is 2.98. The van der Waals surface area contributed by atoms with E-state index in [0.717, 1.165) is 19.4 Å². The summed E-state index contributed by atoms with van der Waals surface area (Å²) >= 11 is 0. The van der Waals surface area contributed by atoms with Crippen LogP contribution < -0.4 is 5.32 Å². The molecule has 1 heterocycles. The van der Waals surface area contributed by atoms with E-state index in [1.807, 2.05) is 0 Å². The highest BCUT2D eigenvalue weighted by molar-refractivity contribution is 5.75. The standard InChI is InChI=1S/C11H19NO2/c13-11(14-8-9-5-6-9)10-4-2-1-3-7-12-10/h9-10,12H,1-8H2. The van der Waals surface area contributed by atoms with Crippen molar-refractivity contribution in [1.29, 1.82) is 0 Å². The normalized spacial score (nSPS) is 28.1. The molecule has 1 N–H and O–H groups in total. The van der Waals surface area contributed by atoms with Gasteiger partial charge in [0, 0.05) is 0 Å². The predicted octanol–water partition coefficient (Wildman–Crippen LogP) is 1.47. The Morgan fingerprint density at radius 3 is 2.86 bits per heavy atom. The van der Waals surface area contributed by atoms with Crippen LogP contribution in [0.2, 0.25) is 0 Å². The van der Waals surface area contributed by atoms with Gasteiger partial charge in [0.25, 0.3) is 0 Å². The first-order chi connectivity index (χ1) is 6.86. The highest BCUT2D eigenvalue weighted by Crippen LogP contribution is 2.29. The SMILES string of the molecule is O=C(OCC1CC1)C1CCCCCN1. The monoisotopic (exact) mass is 197 g/mol. The van der Waals surface area contributed by atoms with Crippen molar-refractivity contribution in [3.8, 4) is 0 Å². The zero-order valence-electron chi connectivity index (χ0n) is 8.63. The average Bonchev–Trinajstić information content (AvgIpc) is 3.01. The molecule has 14 heavy (non-hydrogen) atoms. The summed E-state index contributed by atoms with van der Waals surface area (Å²) in [6.07, 6.45) is 7.00. The lowest BCUT2D eigenvalue weighted by Crippen LogP contribution is -2.37. The van der Waals surface area contributed by atoms with Gasteiger partial charge in [-0.15, -0.1) is 0 Å². The Morgan fingerprint density at radius 1 is 1.21 bits per heavy atom. The van der Waals surface area contributed by atoms with Gasteiger partial charge in [-0.1, -0.05) is 12.8 Å². The van der Waals surface area contributed by atoms with Gasteiger partial charge in [0.1, 0.15) is 6.04 Å². The molecule has 1 atom stereocenters. The molecule has 0 amide bonds. The minimum atomic E-state index is -0.0313. The number of rotatable bonds is 3. The van der Waals surface area contributed by atoms with E-state index in [1.54, 1.807) is 0 Å². The largest absolute Gasteiger partial charge is 0.464 e. The maximum absolute atomic E-state index is 11.6. The van der Waals surface area contributed by atoms with Gasteiger partial charge in [0.2, 0.25) is 0 Å². The number of carbonyl (C=O) groups excluding carboxylic acids is 1. The van der Waals surface area contributed by atoms with Crippen molar-refractivity contribution in [3.05, 3.63) is 0 Å². The summed E-state index contributed by atoms with van der Waals surface area (Å²) in [7, 11) is 0. The van der Waals surface area contributed by atoms with Crippen molar-refractivity contribution in [3.63, 3.8) is 0 Å². The second-order valence-electron chi connectivity index (χ2n) is 4.43. The van der Waals surface area contributed by atoms with Gasteiger partial charge >= 0.3 is 5.97 Å². The third-order valence-corrected chi connectivity index (χ3v) is 3.00. The Balaban J connectivity index is 1.70. The molecular formula is C11H19NO2. The van der Waals surface area contributed by atoms with Gasteiger partial charge in [-0.3, -0.25) is 4.79 Å². The Hall–Kier alpha value is -0.570. The van der Waals surface area contributed by atoms with E-state index < -0.39 is 0 Å². The number of ether oxygens (including phenoxy) is 1. The van der Waals surface area contributed by atoms with Crippen molar-refractivity contribution in [2.45, 2.75) is 44.6 Å². The smallest absolute Gasteiger partial charge is 0.323 e. The number of esters is 1. The second-order valence-corrected chi connectivity index (χ2v) is 4.43. The second kappa shape index (κ2) is 4.78. The van der Waals surface area contributed by atoms with E-state index >= 15 is 0 Å². The van der Waals surface area contributed by atoms with Gasteiger partial charge in [-0.05, 0) is 38.1 Å². The van der Waals surface area contributed by atoms with Crippen LogP contribution in [0.5, 0.6) is 0 Å². The lowest BCUT2D eigenvalue weighted by Gasteiger charge is -2.14. The van der Waals surface area contributed by atoms with Gasteiger partial charge in [0.15, 0.2) is 0 Å². The van der Waals surface area contributed by atoms with E-state index in [0.29, 0.717) is 12.5 Å². The van der Waals surface area contributed by atoms with E-state index in [2.05, 4.69) is 5.32 Å². The molecule has 2 aliphatic rings. The van der Waals surface area contributed by atoms with Crippen LogP contribution in [-0.4, -0.2) is 25.2 Å². The van der Waals surface area contributed by atoms with Crippen LogP contribution in [0.1, 0.15) is 38.5 Å². The van der Waals surface area contributed by atoms with Gasteiger partial charge < -0.3 is 10.1 Å². The van der Waals surface area contributed by atoms with Crippen molar-refractivity contribution in [1.82, 2.24) is 5.32 Å². The van der Waals surface area contributed by atoms with Crippen LogP contribution in [0.15, 0.2) is 0 Å². The first kappa shape index (κ1) is 9.97. The molecule has 0 bridgehead atoms. The summed E-state index contributed by atoms with van der Waals surface area (Å²) in [5.41, 5.74) is 0.